The monoisotopic (exact) mass is 233 g/mol. The molecule has 0 saturated carbocycles. The first kappa shape index (κ1) is 11.3. The van der Waals surface area contributed by atoms with Crippen molar-refractivity contribution in [1.82, 2.24) is 10.3 Å². The van der Waals surface area contributed by atoms with Gasteiger partial charge in [-0.15, -0.1) is 0 Å². The smallest absolute Gasteiger partial charge is 0.280 e. The highest BCUT2D eigenvalue weighted by Gasteiger charge is 2.17. The van der Waals surface area contributed by atoms with Gasteiger partial charge in [-0.2, -0.15) is 0 Å². The summed E-state index contributed by atoms with van der Waals surface area (Å²) in [6.45, 7) is 0.487. The van der Waals surface area contributed by atoms with E-state index >= 15 is 0 Å². The lowest BCUT2D eigenvalue weighted by Crippen LogP contribution is -2.04. The maximum atomic E-state index is 10.9. The fourth-order valence-corrected chi connectivity index (χ4v) is 1.51. The molecule has 1 heterocycles. The lowest BCUT2D eigenvalue weighted by Gasteiger charge is -1.98. The van der Waals surface area contributed by atoms with Crippen molar-refractivity contribution in [3.63, 3.8) is 0 Å². The van der Waals surface area contributed by atoms with Gasteiger partial charge >= 0.3 is 0 Å². The molecule has 2 aromatic rings. The summed E-state index contributed by atoms with van der Waals surface area (Å²) in [5.74, 6) is 0.906. The van der Waals surface area contributed by atoms with E-state index in [-0.39, 0.29) is 5.69 Å². The zero-order valence-electron chi connectivity index (χ0n) is 9.21. The number of nitro groups is 1. The first-order chi connectivity index (χ1) is 8.22. The van der Waals surface area contributed by atoms with Gasteiger partial charge in [0.25, 0.3) is 5.69 Å². The second-order valence-electron chi connectivity index (χ2n) is 3.42. The van der Waals surface area contributed by atoms with Gasteiger partial charge in [0.1, 0.15) is 0 Å². The van der Waals surface area contributed by atoms with Crippen LogP contribution in [0.4, 0.5) is 5.69 Å². The normalized spacial score (nSPS) is 10.4. The Bertz CT molecular complexity index is 536. The fourth-order valence-electron chi connectivity index (χ4n) is 1.51. The van der Waals surface area contributed by atoms with Crippen molar-refractivity contribution < 1.29 is 9.34 Å². The molecule has 0 unspecified atom stereocenters. The first-order valence-corrected chi connectivity index (χ1v) is 5.05. The summed E-state index contributed by atoms with van der Waals surface area (Å²) in [4.78, 5) is 14.5. The molecule has 0 amide bonds. The molecule has 1 aromatic carbocycles. The van der Waals surface area contributed by atoms with Crippen molar-refractivity contribution in [1.29, 1.82) is 0 Å². The highest BCUT2D eigenvalue weighted by molar-refractivity contribution is 5.68. The van der Waals surface area contributed by atoms with Gasteiger partial charge in [-0.1, -0.05) is 12.1 Å². The molecule has 0 fully saturated rings. The third kappa shape index (κ3) is 2.31. The first-order valence-electron chi connectivity index (χ1n) is 5.05. The number of oxazole rings is 1. The van der Waals surface area contributed by atoms with E-state index in [1.165, 1.54) is 12.3 Å². The molecular formula is C11H11N3O3. The van der Waals surface area contributed by atoms with E-state index in [0.717, 1.165) is 0 Å². The number of hydrogen-bond acceptors (Lipinski definition) is 5. The van der Waals surface area contributed by atoms with Crippen LogP contribution in [0.1, 0.15) is 5.89 Å². The molecule has 88 valence electrons. The average Bonchev–Trinajstić information content (AvgIpc) is 2.78. The molecule has 0 bridgehead atoms. The molecule has 0 radical (unpaired) electrons. The molecule has 1 N–H and O–H groups in total. The van der Waals surface area contributed by atoms with Crippen LogP contribution >= 0.6 is 0 Å². The zero-order chi connectivity index (χ0) is 12.3. The van der Waals surface area contributed by atoms with E-state index in [0.29, 0.717) is 23.8 Å². The van der Waals surface area contributed by atoms with Crippen molar-refractivity contribution in [2.45, 2.75) is 6.54 Å². The Kier molecular flexibility index (Phi) is 3.15. The molecular weight excluding hydrogens is 222 g/mol. The predicted molar refractivity (Wildman–Crippen MR) is 61.4 cm³/mol. The quantitative estimate of drug-likeness (QED) is 0.645. The minimum Gasteiger partial charge on any atom is -0.439 e. The predicted octanol–water partition coefficient (Wildman–Crippen LogP) is 1.97. The van der Waals surface area contributed by atoms with Crippen molar-refractivity contribution in [3.05, 3.63) is 46.5 Å². The standard InChI is InChI=1S/C11H11N3O3/c1-12-7-11-13-6-10(17-11)8-4-2-3-5-9(8)14(15)16/h2-6,12H,7H2,1H3. The fraction of sp³-hybridized carbons (Fsp3) is 0.182. The number of nitrogens with one attached hydrogen (secondary N) is 1. The minimum atomic E-state index is -0.435. The number of nitrogens with zero attached hydrogens (tertiary/aromatic N) is 2. The molecule has 2 rings (SSSR count). The van der Waals surface area contributed by atoms with Gasteiger partial charge in [0.05, 0.1) is 23.2 Å². The van der Waals surface area contributed by atoms with Gasteiger partial charge in [0, 0.05) is 6.07 Å². The molecule has 0 aliphatic carbocycles. The van der Waals surface area contributed by atoms with E-state index in [2.05, 4.69) is 10.3 Å². The molecule has 0 saturated heterocycles. The number of nitro benzene ring substituents is 1. The third-order valence-electron chi connectivity index (χ3n) is 2.25. The number of hydrogen-bond donors (Lipinski definition) is 1. The van der Waals surface area contributed by atoms with Crippen LogP contribution in [0.2, 0.25) is 0 Å². The van der Waals surface area contributed by atoms with E-state index < -0.39 is 4.92 Å². The highest BCUT2D eigenvalue weighted by atomic mass is 16.6. The summed E-state index contributed by atoms with van der Waals surface area (Å²) in [5.41, 5.74) is 0.451. The van der Waals surface area contributed by atoms with Crippen LogP contribution in [0.25, 0.3) is 11.3 Å². The Balaban J connectivity index is 2.41. The Morgan fingerprint density at radius 2 is 2.24 bits per heavy atom. The summed E-state index contributed by atoms with van der Waals surface area (Å²) in [5, 5.41) is 13.8. The lowest BCUT2D eigenvalue weighted by atomic mass is 10.1. The summed E-state index contributed by atoms with van der Waals surface area (Å²) < 4.78 is 5.42. The summed E-state index contributed by atoms with van der Waals surface area (Å²) in [6, 6.07) is 6.42. The average molecular weight is 233 g/mol. The summed E-state index contributed by atoms with van der Waals surface area (Å²) in [7, 11) is 1.77. The van der Waals surface area contributed by atoms with Crippen LogP contribution in [0.5, 0.6) is 0 Å². The van der Waals surface area contributed by atoms with Crippen LogP contribution < -0.4 is 5.32 Å². The van der Waals surface area contributed by atoms with Gasteiger partial charge in [-0.05, 0) is 13.1 Å². The SMILES string of the molecule is CNCc1ncc(-c2ccccc2[N+](=O)[O-])o1. The van der Waals surface area contributed by atoms with Gasteiger partial charge in [-0.3, -0.25) is 10.1 Å². The Morgan fingerprint density at radius 3 is 2.94 bits per heavy atom. The molecule has 0 aliphatic heterocycles. The van der Waals surface area contributed by atoms with Crippen LogP contribution in [0.15, 0.2) is 34.9 Å². The van der Waals surface area contributed by atoms with E-state index in [1.807, 2.05) is 0 Å². The molecule has 0 atom stereocenters. The Labute approximate surface area is 97.4 Å². The summed E-state index contributed by atoms with van der Waals surface area (Å²) >= 11 is 0. The Morgan fingerprint density at radius 1 is 1.47 bits per heavy atom. The molecule has 17 heavy (non-hydrogen) atoms. The minimum absolute atomic E-state index is 0.0136. The van der Waals surface area contributed by atoms with Crippen molar-refractivity contribution in [2.75, 3.05) is 7.05 Å². The third-order valence-corrected chi connectivity index (χ3v) is 2.25. The maximum absolute atomic E-state index is 10.9. The van der Waals surface area contributed by atoms with Crippen LogP contribution in [-0.2, 0) is 6.54 Å². The number of rotatable bonds is 4. The molecule has 1 aromatic heterocycles. The van der Waals surface area contributed by atoms with E-state index in [9.17, 15) is 10.1 Å². The van der Waals surface area contributed by atoms with Crippen LogP contribution in [0.3, 0.4) is 0 Å². The molecule has 0 aliphatic rings. The number of para-hydroxylation sites is 1. The van der Waals surface area contributed by atoms with Gasteiger partial charge in [0.2, 0.25) is 5.89 Å². The van der Waals surface area contributed by atoms with Gasteiger partial charge < -0.3 is 9.73 Å². The highest BCUT2D eigenvalue weighted by Crippen LogP contribution is 2.29. The molecule has 6 heteroatoms. The van der Waals surface area contributed by atoms with Gasteiger partial charge in [0.15, 0.2) is 5.76 Å². The van der Waals surface area contributed by atoms with Gasteiger partial charge in [-0.25, -0.2) is 4.98 Å². The van der Waals surface area contributed by atoms with Crippen LogP contribution in [-0.4, -0.2) is 17.0 Å². The summed E-state index contributed by atoms with van der Waals surface area (Å²) in [6.07, 6.45) is 1.50. The van der Waals surface area contributed by atoms with Crippen LogP contribution in [0, 0.1) is 10.1 Å². The van der Waals surface area contributed by atoms with E-state index in [1.54, 1.807) is 25.2 Å². The van der Waals surface area contributed by atoms with Crippen molar-refractivity contribution in [2.24, 2.45) is 0 Å². The Hall–Kier alpha value is -2.21. The van der Waals surface area contributed by atoms with E-state index in [4.69, 9.17) is 4.42 Å². The van der Waals surface area contributed by atoms with Crippen molar-refractivity contribution in [3.8, 4) is 11.3 Å². The second kappa shape index (κ2) is 4.75. The lowest BCUT2D eigenvalue weighted by molar-refractivity contribution is -0.384. The maximum Gasteiger partial charge on any atom is 0.280 e. The van der Waals surface area contributed by atoms with Crippen molar-refractivity contribution >= 4 is 5.69 Å². The second-order valence-corrected chi connectivity index (χ2v) is 3.42. The zero-order valence-corrected chi connectivity index (χ0v) is 9.21. The molecule has 0 spiro atoms. The molecule has 6 nitrogen and oxygen atoms in total. The largest absolute Gasteiger partial charge is 0.439 e. The number of benzene rings is 1. The number of aromatic nitrogens is 1. The topological polar surface area (TPSA) is 81.2 Å².